The summed E-state index contributed by atoms with van der Waals surface area (Å²) in [6.45, 7) is 10.7. The van der Waals surface area contributed by atoms with E-state index in [0.717, 1.165) is 19.3 Å². The van der Waals surface area contributed by atoms with Crippen molar-refractivity contribution < 1.29 is 28.3 Å². The number of hydrogen-bond acceptors (Lipinski definition) is 7. The third kappa shape index (κ3) is 8.10. The maximum absolute atomic E-state index is 12.2. The minimum absolute atomic E-state index is 0.00578. The van der Waals surface area contributed by atoms with Crippen LogP contribution in [0.2, 0.25) is 0 Å². The second-order valence-corrected chi connectivity index (χ2v) is 9.44. The number of methoxy groups -OCH3 is 1. The van der Waals surface area contributed by atoms with Crippen LogP contribution in [0.3, 0.4) is 0 Å². The molecular weight excluding hydrogens is 404 g/mol. The molecule has 1 aliphatic heterocycles. The Kier molecular flexibility index (Phi) is 7.91. The van der Waals surface area contributed by atoms with Crippen LogP contribution in [0.25, 0.3) is 0 Å². The first-order valence-electron chi connectivity index (χ1n) is 10.5. The van der Waals surface area contributed by atoms with Gasteiger partial charge in [0.25, 0.3) is 0 Å². The number of anilines is 1. The number of amides is 3. The summed E-state index contributed by atoms with van der Waals surface area (Å²) in [5.74, 6) is -1.10. The molecule has 31 heavy (non-hydrogen) atoms. The van der Waals surface area contributed by atoms with Crippen LogP contribution in [0.1, 0.15) is 60.3 Å². The molecule has 1 saturated heterocycles. The molecule has 0 spiro atoms. The fourth-order valence-corrected chi connectivity index (χ4v) is 3.30. The third-order valence-corrected chi connectivity index (χ3v) is 5.00. The number of hydrogen-bond donors (Lipinski definition) is 2. The Bertz CT molecular complexity index is 775. The molecule has 174 valence electrons. The predicted molar refractivity (Wildman–Crippen MR) is 114 cm³/mol. The van der Waals surface area contributed by atoms with Crippen LogP contribution >= 0.6 is 0 Å². The highest BCUT2D eigenvalue weighted by atomic mass is 16.6. The fraction of sp³-hybridized carbons (Fsp3) is 0.714. The Morgan fingerprint density at radius 2 is 1.81 bits per heavy atom. The third-order valence-electron chi connectivity index (χ3n) is 5.00. The number of nitrogens with one attached hydrogen (secondary N) is 2. The minimum Gasteiger partial charge on any atom is -0.453 e. The Labute approximate surface area is 183 Å². The smallest absolute Gasteiger partial charge is 0.410 e. The van der Waals surface area contributed by atoms with E-state index in [1.54, 1.807) is 4.90 Å². The molecule has 0 aliphatic carbocycles. The normalized spacial score (nSPS) is 15.4. The van der Waals surface area contributed by atoms with Crippen molar-refractivity contribution >= 4 is 23.8 Å². The van der Waals surface area contributed by atoms with Crippen molar-refractivity contribution in [3.05, 3.63) is 6.20 Å². The summed E-state index contributed by atoms with van der Waals surface area (Å²) in [6.07, 6.45) is 4.35. The number of carbonyl (C=O) groups is 3. The highest BCUT2D eigenvalue weighted by molar-refractivity contribution is 6.39. The van der Waals surface area contributed by atoms with Gasteiger partial charge in [-0.25, -0.2) is 4.79 Å². The summed E-state index contributed by atoms with van der Waals surface area (Å²) in [5.41, 5.74) is -1.06. The average Bonchev–Trinajstić information content (AvgIpc) is 3.12. The van der Waals surface area contributed by atoms with Crippen LogP contribution in [0.5, 0.6) is 6.08 Å². The summed E-state index contributed by atoms with van der Waals surface area (Å²) in [5, 5.41) is 5.11. The van der Waals surface area contributed by atoms with Crippen LogP contribution in [0.4, 0.5) is 10.7 Å². The summed E-state index contributed by atoms with van der Waals surface area (Å²) >= 11 is 0. The molecule has 2 heterocycles. The van der Waals surface area contributed by atoms with Crippen molar-refractivity contribution in [2.45, 2.75) is 71.4 Å². The van der Waals surface area contributed by atoms with Crippen LogP contribution in [-0.2, 0) is 14.3 Å². The second kappa shape index (κ2) is 10.0. The van der Waals surface area contributed by atoms with Gasteiger partial charge in [-0.05, 0) is 66.2 Å². The number of likely N-dealkylation sites (tertiary alicyclic amines) is 1. The fourth-order valence-electron chi connectivity index (χ4n) is 3.30. The lowest BCUT2D eigenvalue weighted by atomic mass is 9.87. The van der Waals surface area contributed by atoms with Crippen molar-refractivity contribution in [1.82, 2.24) is 15.2 Å². The van der Waals surface area contributed by atoms with E-state index in [1.165, 1.54) is 13.3 Å². The Morgan fingerprint density at radius 3 is 2.35 bits per heavy atom. The van der Waals surface area contributed by atoms with E-state index in [2.05, 4.69) is 15.6 Å². The van der Waals surface area contributed by atoms with E-state index in [0.29, 0.717) is 25.4 Å². The molecular formula is C21H34N4O6. The highest BCUT2D eigenvalue weighted by Crippen LogP contribution is 2.26. The van der Waals surface area contributed by atoms with E-state index in [-0.39, 0.29) is 18.1 Å². The highest BCUT2D eigenvalue weighted by Gasteiger charge is 2.29. The van der Waals surface area contributed by atoms with Crippen LogP contribution in [-0.4, -0.2) is 59.1 Å². The summed E-state index contributed by atoms with van der Waals surface area (Å²) < 4.78 is 15.3. The van der Waals surface area contributed by atoms with Gasteiger partial charge in [-0.2, -0.15) is 4.98 Å². The Balaban J connectivity index is 1.74. The van der Waals surface area contributed by atoms with E-state index in [4.69, 9.17) is 13.9 Å². The molecule has 0 unspecified atom stereocenters. The number of oxazole rings is 1. The van der Waals surface area contributed by atoms with Crippen LogP contribution in [0, 0.1) is 5.92 Å². The van der Waals surface area contributed by atoms with Crippen molar-refractivity contribution in [2.75, 3.05) is 25.5 Å². The van der Waals surface area contributed by atoms with Crippen LogP contribution in [0.15, 0.2) is 10.6 Å². The van der Waals surface area contributed by atoms with Crippen molar-refractivity contribution in [2.24, 2.45) is 5.92 Å². The van der Waals surface area contributed by atoms with Gasteiger partial charge in [0.2, 0.25) is 5.88 Å². The van der Waals surface area contributed by atoms with E-state index >= 15 is 0 Å². The molecule has 0 bridgehead atoms. The second-order valence-electron chi connectivity index (χ2n) is 9.44. The average molecular weight is 439 g/mol. The number of ether oxygens (including phenoxy) is 2. The van der Waals surface area contributed by atoms with E-state index in [9.17, 15) is 14.4 Å². The van der Waals surface area contributed by atoms with Crippen molar-refractivity contribution in [1.29, 1.82) is 0 Å². The predicted octanol–water partition coefficient (Wildman–Crippen LogP) is 2.94. The van der Waals surface area contributed by atoms with Crippen molar-refractivity contribution in [3.63, 3.8) is 0 Å². The Hall–Kier alpha value is -2.78. The molecule has 2 rings (SSSR count). The molecule has 3 amide bonds. The van der Waals surface area contributed by atoms with Gasteiger partial charge in [-0.15, -0.1) is 0 Å². The zero-order valence-corrected chi connectivity index (χ0v) is 19.2. The summed E-state index contributed by atoms with van der Waals surface area (Å²) in [7, 11) is 1.38. The maximum Gasteiger partial charge on any atom is 0.410 e. The molecule has 1 aliphatic rings. The molecule has 2 N–H and O–H groups in total. The minimum atomic E-state index is -0.836. The number of carbonyl (C=O) groups excluding carboxylic acids is 3. The molecule has 10 nitrogen and oxygen atoms in total. The largest absolute Gasteiger partial charge is 0.453 e. The zero-order valence-electron chi connectivity index (χ0n) is 19.2. The van der Waals surface area contributed by atoms with Gasteiger partial charge in [0.1, 0.15) is 5.60 Å². The number of rotatable bonds is 6. The van der Waals surface area contributed by atoms with Gasteiger partial charge < -0.3 is 24.1 Å². The van der Waals surface area contributed by atoms with Gasteiger partial charge in [0.15, 0.2) is 0 Å². The topological polar surface area (TPSA) is 123 Å². The summed E-state index contributed by atoms with van der Waals surface area (Å²) in [6, 6.07) is 0. The Morgan fingerprint density at radius 1 is 1.16 bits per heavy atom. The van der Waals surface area contributed by atoms with Gasteiger partial charge in [0.05, 0.1) is 13.3 Å². The molecule has 0 aromatic carbocycles. The molecule has 0 saturated carbocycles. The van der Waals surface area contributed by atoms with Gasteiger partial charge in [-0.1, -0.05) is 0 Å². The number of aromatic nitrogens is 1. The van der Waals surface area contributed by atoms with Crippen molar-refractivity contribution in [3.8, 4) is 6.08 Å². The standard InChI is InChI=1S/C21H34N4O6/c1-20(2,3)31-19(28)25-11-8-14(9-12-25)7-10-21(4,5)24-17(27)16(26)23-15-13-22-18(29-6)30-15/h13-14H,7-12H2,1-6H3,(H,23,26)(H,24,27). The lowest BCUT2D eigenvalue weighted by molar-refractivity contribution is -0.137. The monoisotopic (exact) mass is 438 g/mol. The van der Waals surface area contributed by atoms with Gasteiger partial charge >= 0.3 is 24.0 Å². The first-order chi connectivity index (χ1) is 14.4. The van der Waals surface area contributed by atoms with E-state index in [1.807, 2.05) is 34.6 Å². The number of nitrogens with zero attached hydrogens (tertiary/aromatic N) is 2. The molecule has 10 heteroatoms. The molecule has 1 aromatic heterocycles. The van der Waals surface area contributed by atoms with Gasteiger partial charge in [-0.3, -0.25) is 14.9 Å². The zero-order chi connectivity index (χ0) is 23.2. The molecule has 1 fully saturated rings. The first kappa shape index (κ1) is 24.5. The lowest BCUT2D eigenvalue weighted by Gasteiger charge is -2.35. The quantitative estimate of drug-likeness (QED) is 0.655. The first-order valence-corrected chi connectivity index (χ1v) is 10.5. The summed E-state index contributed by atoms with van der Waals surface area (Å²) in [4.78, 5) is 42.0. The van der Waals surface area contributed by atoms with Crippen LogP contribution < -0.4 is 15.4 Å². The number of piperidine rings is 1. The molecule has 0 atom stereocenters. The SMILES string of the molecule is COc1ncc(NC(=O)C(=O)NC(C)(C)CCC2CCN(C(=O)OC(C)(C)C)CC2)o1. The van der Waals surface area contributed by atoms with Gasteiger partial charge in [0, 0.05) is 18.6 Å². The molecule has 1 aromatic rings. The maximum atomic E-state index is 12.2. The van der Waals surface area contributed by atoms with E-state index < -0.39 is 23.0 Å². The lowest BCUT2D eigenvalue weighted by Crippen LogP contribution is -2.48. The molecule has 0 radical (unpaired) electrons.